The summed E-state index contributed by atoms with van der Waals surface area (Å²) in [4.78, 5) is 12.6. The highest BCUT2D eigenvalue weighted by atomic mass is 79.9. The van der Waals surface area contributed by atoms with Gasteiger partial charge in [-0.3, -0.25) is 9.10 Å². The van der Waals surface area contributed by atoms with Gasteiger partial charge in [0.2, 0.25) is 5.91 Å². The molecule has 12 heteroatoms. The van der Waals surface area contributed by atoms with Crippen LogP contribution in [-0.2, 0) is 21.0 Å². The van der Waals surface area contributed by atoms with E-state index in [1.165, 1.54) is 38.5 Å². The number of carbonyl (C=O) groups is 1. The molecule has 1 N–H and O–H groups in total. The molecule has 0 spiro atoms. The summed E-state index contributed by atoms with van der Waals surface area (Å²) >= 11 is 3.35. The monoisotopic (exact) mass is 586 g/mol. The molecule has 0 radical (unpaired) electrons. The molecule has 3 aromatic carbocycles. The van der Waals surface area contributed by atoms with Crippen molar-refractivity contribution >= 4 is 43.2 Å². The fourth-order valence-electron chi connectivity index (χ4n) is 3.31. The standard InChI is InChI=1S/C24H22BrF3N2O5S/c1-15-11-17(7-9-20(15)25)29-23(31)14-30(18-6-4-5-16(12-18)24(26,27)28)36(32,33)19-8-10-21(34-2)22(13-19)35-3/h4-13H,14H2,1-3H3,(H,29,31). The van der Waals surface area contributed by atoms with E-state index in [-0.39, 0.29) is 22.1 Å². The molecular weight excluding hydrogens is 565 g/mol. The van der Waals surface area contributed by atoms with Crippen molar-refractivity contribution in [1.82, 2.24) is 0 Å². The van der Waals surface area contributed by atoms with Crippen LogP contribution in [0.15, 0.2) is 70.0 Å². The number of methoxy groups -OCH3 is 2. The lowest BCUT2D eigenvalue weighted by molar-refractivity contribution is -0.137. The Morgan fingerprint density at radius 1 is 1.00 bits per heavy atom. The molecule has 0 unspecified atom stereocenters. The maximum atomic E-state index is 13.6. The first-order valence-electron chi connectivity index (χ1n) is 10.3. The molecule has 0 atom stereocenters. The molecule has 3 rings (SSSR count). The topological polar surface area (TPSA) is 84.9 Å². The number of nitrogens with one attached hydrogen (secondary N) is 1. The normalized spacial score (nSPS) is 11.6. The van der Waals surface area contributed by atoms with Crippen LogP contribution in [-0.4, -0.2) is 35.1 Å². The van der Waals surface area contributed by atoms with E-state index in [2.05, 4.69) is 21.2 Å². The number of carbonyl (C=O) groups excluding carboxylic acids is 1. The van der Waals surface area contributed by atoms with E-state index in [0.717, 1.165) is 22.2 Å². The number of alkyl halides is 3. The van der Waals surface area contributed by atoms with Gasteiger partial charge in [-0.15, -0.1) is 0 Å². The van der Waals surface area contributed by atoms with Crippen LogP contribution in [0.3, 0.4) is 0 Å². The maximum absolute atomic E-state index is 13.6. The Bertz CT molecular complexity index is 1380. The molecule has 0 heterocycles. The second kappa shape index (κ2) is 10.8. The Labute approximate surface area is 215 Å². The summed E-state index contributed by atoms with van der Waals surface area (Å²) in [7, 11) is -1.83. The predicted molar refractivity (Wildman–Crippen MR) is 133 cm³/mol. The van der Waals surface area contributed by atoms with Crippen molar-refractivity contribution in [2.75, 3.05) is 30.4 Å². The quantitative estimate of drug-likeness (QED) is 0.370. The van der Waals surface area contributed by atoms with E-state index < -0.39 is 34.2 Å². The summed E-state index contributed by atoms with van der Waals surface area (Å²) in [6.45, 7) is 1.02. The Morgan fingerprint density at radius 3 is 2.31 bits per heavy atom. The Kier molecular flexibility index (Phi) is 8.19. The van der Waals surface area contributed by atoms with Crippen LogP contribution in [0.2, 0.25) is 0 Å². The van der Waals surface area contributed by atoms with Crippen molar-refractivity contribution in [1.29, 1.82) is 0 Å². The molecule has 0 saturated heterocycles. The van der Waals surface area contributed by atoms with Crippen LogP contribution >= 0.6 is 15.9 Å². The lowest BCUT2D eigenvalue weighted by Crippen LogP contribution is -2.38. The molecule has 0 aliphatic rings. The lowest BCUT2D eigenvalue weighted by atomic mass is 10.2. The molecule has 0 saturated carbocycles. The zero-order valence-corrected chi connectivity index (χ0v) is 21.8. The first-order chi connectivity index (χ1) is 16.9. The summed E-state index contributed by atoms with van der Waals surface area (Å²) in [6, 6.07) is 12.5. The van der Waals surface area contributed by atoms with Crippen molar-refractivity contribution in [2.45, 2.75) is 18.0 Å². The third-order valence-electron chi connectivity index (χ3n) is 5.13. The van der Waals surface area contributed by atoms with Gasteiger partial charge in [-0.05, 0) is 61.0 Å². The largest absolute Gasteiger partial charge is 0.493 e. The Balaban J connectivity index is 2.06. The first kappa shape index (κ1) is 27.3. The number of halogens is 4. The summed E-state index contributed by atoms with van der Waals surface area (Å²) < 4.78 is 79.0. The van der Waals surface area contributed by atoms with Gasteiger partial charge in [0.25, 0.3) is 10.0 Å². The second-order valence-corrected chi connectivity index (χ2v) is 10.3. The van der Waals surface area contributed by atoms with E-state index in [1.807, 2.05) is 0 Å². The summed E-state index contributed by atoms with van der Waals surface area (Å²) in [5, 5.41) is 2.59. The molecule has 192 valence electrons. The molecular formula is C24H22BrF3N2O5S. The number of hydrogen-bond acceptors (Lipinski definition) is 5. The van der Waals surface area contributed by atoms with Crippen LogP contribution in [0, 0.1) is 6.92 Å². The highest BCUT2D eigenvalue weighted by molar-refractivity contribution is 9.10. The number of aryl methyl sites for hydroxylation is 1. The van der Waals surface area contributed by atoms with Crippen LogP contribution < -0.4 is 19.1 Å². The van der Waals surface area contributed by atoms with E-state index in [1.54, 1.807) is 25.1 Å². The van der Waals surface area contributed by atoms with Gasteiger partial charge in [0.15, 0.2) is 11.5 Å². The van der Waals surface area contributed by atoms with E-state index in [9.17, 15) is 26.4 Å². The third-order valence-corrected chi connectivity index (χ3v) is 7.79. The van der Waals surface area contributed by atoms with Crippen LogP contribution in [0.4, 0.5) is 24.5 Å². The highest BCUT2D eigenvalue weighted by Crippen LogP contribution is 2.35. The number of ether oxygens (including phenoxy) is 2. The Morgan fingerprint density at radius 2 is 1.69 bits per heavy atom. The SMILES string of the molecule is COc1ccc(S(=O)(=O)N(CC(=O)Nc2ccc(Br)c(C)c2)c2cccc(C(F)(F)F)c2)cc1OC. The molecule has 36 heavy (non-hydrogen) atoms. The summed E-state index contributed by atoms with van der Waals surface area (Å²) in [5.41, 5.74) is -0.174. The number of amides is 1. The van der Waals surface area contributed by atoms with Crippen molar-refractivity contribution in [3.63, 3.8) is 0 Å². The van der Waals surface area contributed by atoms with Gasteiger partial charge in [-0.25, -0.2) is 8.42 Å². The summed E-state index contributed by atoms with van der Waals surface area (Å²) in [5.74, 6) is -0.402. The average molecular weight is 587 g/mol. The fourth-order valence-corrected chi connectivity index (χ4v) is 4.99. The average Bonchev–Trinajstić information content (AvgIpc) is 2.83. The molecule has 0 aliphatic heterocycles. The van der Waals surface area contributed by atoms with Crippen molar-refractivity contribution < 1.29 is 35.9 Å². The third kappa shape index (κ3) is 6.11. The minimum Gasteiger partial charge on any atom is -0.493 e. The molecule has 0 aromatic heterocycles. The van der Waals surface area contributed by atoms with E-state index in [4.69, 9.17) is 9.47 Å². The molecule has 1 amide bonds. The van der Waals surface area contributed by atoms with E-state index in [0.29, 0.717) is 16.1 Å². The number of sulfonamides is 1. The van der Waals surface area contributed by atoms with Crippen LogP contribution in [0.1, 0.15) is 11.1 Å². The van der Waals surface area contributed by atoms with Gasteiger partial charge in [0.1, 0.15) is 6.54 Å². The zero-order chi connectivity index (χ0) is 26.7. The molecule has 0 fully saturated rings. The Hall–Kier alpha value is -3.25. The lowest BCUT2D eigenvalue weighted by Gasteiger charge is -2.25. The van der Waals surface area contributed by atoms with Gasteiger partial charge >= 0.3 is 6.18 Å². The van der Waals surface area contributed by atoms with Crippen LogP contribution in [0.25, 0.3) is 0 Å². The molecule has 0 bridgehead atoms. The first-order valence-corrected chi connectivity index (χ1v) is 12.6. The van der Waals surface area contributed by atoms with Crippen LogP contribution in [0.5, 0.6) is 11.5 Å². The number of benzene rings is 3. The van der Waals surface area contributed by atoms with Gasteiger partial charge in [0, 0.05) is 16.2 Å². The minimum absolute atomic E-state index is 0.0948. The molecule has 3 aromatic rings. The second-order valence-electron chi connectivity index (χ2n) is 7.59. The zero-order valence-electron chi connectivity index (χ0n) is 19.4. The van der Waals surface area contributed by atoms with Crippen molar-refractivity contribution in [3.05, 3.63) is 76.3 Å². The number of rotatable bonds is 8. The van der Waals surface area contributed by atoms with Gasteiger partial charge in [-0.1, -0.05) is 22.0 Å². The fraction of sp³-hybridized carbons (Fsp3) is 0.208. The van der Waals surface area contributed by atoms with Crippen molar-refractivity contribution in [3.8, 4) is 11.5 Å². The summed E-state index contributed by atoms with van der Waals surface area (Å²) in [6.07, 6.45) is -4.72. The minimum atomic E-state index is -4.72. The van der Waals surface area contributed by atoms with Gasteiger partial charge < -0.3 is 14.8 Å². The number of anilines is 2. The van der Waals surface area contributed by atoms with E-state index >= 15 is 0 Å². The highest BCUT2D eigenvalue weighted by Gasteiger charge is 2.33. The van der Waals surface area contributed by atoms with Crippen molar-refractivity contribution in [2.24, 2.45) is 0 Å². The van der Waals surface area contributed by atoms with Gasteiger partial charge in [0.05, 0.1) is 30.4 Å². The smallest absolute Gasteiger partial charge is 0.416 e. The number of nitrogens with zero attached hydrogens (tertiary/aromatic N) is 1. The predicted octanol–water partition coefficient (Wildman–Crippen LogP) is 5.63. The molecule has 7 nitrogen and oxygen atoms in total. The molecule has 0 aliphatic carbocycles. The number of hydrogen-bond donors (Lipinski definition) is 1. The maximum Gasteiger partial charge on any atom is 0.416 e. The van der Waals surface area contributed by atoms with Gasteiger partial charge in [-0.2, -0.15) is 13.2 Å².